The monoisotopic (exact) mass is 431 g/mol. The van der Waals surface area contributed by atoms with Crippen molar-refractivity contribution in [1.29, 1.82) is 0 Å². The summed E-state index contributed by atoms with van der Waals surface area (Å²) < 4.78 is 0. The van der Waals surface area contributed by atoms with Gasteiger partial charge in [0.15, 0.2) is 0 Å². The molecule has 0 bridgehead atoms. The highest BCUT2D eigenvalue weighted by atomic mass is 14.7. The molecule has 0 atom stereocenters. The summed E-state index contributed by atoms with van der Waals surface area (Å²) in [4.78, 5) is 0. The van der Waals surface area contributed by atoms with E-state index in [1.54, 1.807) is 0 Å². The van der Waals surface area contributed by atoms with E-state index in [0.29, 0.717) is 0 Å². The van der Waals surface area contributed by atoms with Crippen molar-refractivity contribution in [1.82, 2.24) is 0 Å². The molecule has 1 aliphatic rings. The van der Waals surface area contributed by atoms with Crippen LogP contribution in [0.25, 0.3) is 11.1 Å². The molecule has 0 saturated carbocycles. The van der Waals surface area contributed by atoms with E-state index < -0.39 is 0 Å². The van der Waals surface area contributed by atoms with Gasteiger partial charge in [0.1, 0.15) is 0 Å². The molecule has 4 aromatic carbocycles. The zero-order valence-corrected chi connectivity index (χ0v) is 20.3. The van der Waals surface area contributed by atoms with Gasteiger partial charge in [-0.3, -0.25) is 0 Å². The molecule has 0 fully saturated rings. The molecule has 166 valence electrons. The van der Waals surface area contributed by atoms with Gasteiger partial charge in [0.2, 0.25) is 0 Å². The SMILES string of the molecule is CC(C)(C)c1ccc(C2(c3ccc(C(C)(C)N)cc3)c3ccccc3-c3ccccc32)cc1. The summed E-state index contributed by atoms with van der Waals surface area (Å²) in [5, 5.41) is 0. The Kier molecular flexibility index (Phi) is 4.88. The average Bonchev–Trinajstić information content (AvgIpc) is 3.10. The fraction of sp³-hybridized carbons (Fsp3) is 0.250. The standard InChI is InChI=1S/C32H33N/c1-30(2,3)22-14-18-24(19-15-22)32(25-20-16-23(17-21-25)31(4,5)33)28-12-8-6-10-26(28)27-11-7-9-13-29(27)32/h6-21H,33H2,1-5H3. The van der Waals surface area contributed by atoms with Crippen molar-refractivity contribution in [3.05, 3.63) is 130 Å². The summed E-state index contributed by atoms with van der Waals surface area (Å²) in [5.41, 5.74) is 16.2. The first-order valence-corrected chi connectivity index (χ1v) is 11.8. The third-order valence-electron chi connectivity index (χ3n) is 7.20. The second kappa shape index (κ2) is 7.43. The summed E-state index contributed by atoms with van der Waals surface area (Å²) in [6.07, 6.45) is 0. The Morgan fingerprint density at radius 3 is 1.30 bits per heavy atom. The maximum absolute atomic E-state index is 6.41. The topological polar surface area (TPSA) is 26.0 Å². The van der Waals surface area contributed by atoms with Crippen molar-refractivity contribution in [3.63, 3.8) is 0 Å². The van der Waals surface area contributed by atoms with Gasteiger partial charge >= 0.3 is 0 Å². The van der Waals surface area contributed by atoms with E-state index in [1.807, 2.05) is 0 Å². The predicted octanol–water partition coefficient (Wildman–Crippen LogP) is 7.54. The molecule has 0 spiro atoms. The molecule has 0 heterocycles. The second-order valence-corrected chi connectivity index (χ2v) is 11.0. The average molecular weight is 432 g/mol. The number of hydrogen-bond acceptors (Lipinski definition) is 1. The molecule has 1 aliphatic carbocycles. The third-order valence-corrected chi connectivity index (χ3v) is 7.20. The zero-order valence-electron chi connectivity index (χ0n) is 20.3. The van der Waals surface area contributed by atoms with Crippen LogP contribution in [-0.4, -0.2) is 0 Å². The lowest BCUT2D eigenvalue weighted by molar-refractivity contribution is 0.554. The first kappa shape index (κ1) is 21.7. The van der Waals surface area contributed by atoms with E-state index >= 15 is 0 Å². The van der Waals surface area contributed by atoms with Crippen molar-refractivity contribution in [2.45, 2.75) is 51.0 Å². The number of benzene rings is 4. The molecule has 33 heavy (non-hydrogen) atoms. The van der Waals surface area contributed by atoms with E-state index in [0.717, 1.165) is 5.56 Å². The van der Waals surface area contributed by atoms with Gasteiger partial charge < -0.3 is 5.73 Å². The molecule has 0 radical (unpaired) electrons. The van der Waals surface area contributed by atoms with Crippen LogP contribution in [0.3, 0.4) is 0 Å². The Balaban J connectivity index is 1.83. The van der Waals surface area contributed by atoms with Crippen LogP contribution in [0, 0.1) is 0 Å². The molecular weight excluding hydrogens is 398 g/mol. The summed E-state index contributed by atoms with van der Waals surface area (Å²) in [5.74, 6) is 0. The highest BCUT2D eigenvalue weighted by Gasteiger charge is 2.45. The summed E-state index contributed by atoms with van der Waals surface area (Å²) in [7, 11) is 0. The van der Waals surface area contributed by atoms with Gasteiger partial charge in [0.05, 0.1) is 5.41 Å². The largest absolute Gasteiger partial charge is 0.322 e. The van der Waals surface area contributed by atoms with Gasteiger partial charge in [-0.25, -0.2) is 0 Å². The highest BCUT2D eigenvalue weighted by molar-refractivity contribution is 5.86. The summed E-state index contributed by atoms with van der Waals surface area (Å²) >= 11 is 0. The van der Waals surface area contributed by atoms with Crippen LogP contribution in [0.4, 0.5) is 0 Å². The smallest absolute Gasteiger partial charge is 0.0713 e. The molecule has 1 heteroatoms. The Bertz CT molecular complexity index is 1190. The van der Waals surface area contributed by atoms with Crippen molar-refractivity contribution < 1.29 is 0 Å². The van der Waals surface area contributed by atoms with Crippen LogP contribution in [0.2, 0.25) is 0 Å². The van der Waals surface area contributed by atoms with Gasteiger partial charge in [0.25, 0.3) is 0 Å². The molecule has 1 nitrogen and oxygen atoms in total. The van der Waals surface area contributed by atoms with Crippen molar-refractivity contribution >= 4 is 0 Å². The predicted molar refractivity (Wildman–Crippen MR) is 140 cm³/mol. The minimum absolute atomic E-state index is 0.117. The van der Waals surface area contributed by atoms with Crippen LogP contribution < -0.4 is 5.73 Å². The highest BCUT2D eigenvalue weighted by Crippen LogP contribution is 2.56. The molecule has 2 N–H and O–H groups in total. The molecule has 0 saturated heterocycles. The minimum atomic E-state index is -0.370. The van der Waals surface area contributed by atoms with E-state index in [4.69, 9.17) is 5.73 Å². The molecule has 5 rings (SSSR count). The lowest BCUT2D eigenvalue weighted by atomic mass is 9.67. The maximum atomic E-state index is 6.41. The first-order valence-electron chi connectivity index (χ1n) is 11.8. The lowest BCUT2D eigenvalue weighted by Crippen LogP contribution is -2.30. The number of fused-ring (bicyclic) bond motifs is 3. The van der Waals surface area contributed by atoms with Crippen molar-refractivity contribution in [3.8, 4) is 11.1 Å². The van der Waals surface area contributed by atoms with Crippen LogP contribution in [0.15, 0.2) is 97.1 Å². The first-order chi connectivity index (χ1) is 15.6. The molecule has 0 aromatic heterocycles. The normalized spacial score (nSPS) is 14.6. The van der Waals surface area contributed by atoms with Gasteiger partial charge in [-0.15, -0.1) is 0 Å². The molecule has 0 unspecified atom stereocenters. The Morgan fingerprint density at radius 1 is 0.515 bits per heavy atom. The van der Waals surface area contributed by atoms with Gasteiger partial charge in [-0.1, -0.05) is 118 Å². The minimum Gasteiger partial charge on any atom is -0.322 e. The molecular formula is C32H33N. The fourth-order valence-electron chi connectivity index (χ4n) is 5.39. The Labute approximate surface area is 198 Å². The summed E-state index contributed by atoms with van der Waals surface area (Å²) in [6.45, 7) is 10.9. The van der Waals surface area contributed by atoms with E-state index in [2.05, 4.69) is 132 Å². The number of hydrogen-bond donors (Lipinski definition) is 1. The second-order valence-electron chi connectivity index (χ2n) is 11.0. The molecule has 4 aromatic rings. The fourth-order valence-corrected chi connectivity index (χ4v) is 5.39. The van der Waals surface area contributed by atoms with Crippen LogP contribution in [0.5, 0.6) is 0 Å². The Hall–Kier alpha value is -3.16. The van der Waals surface area contributed by atoms with Gasteiger partial charge in [-0.05, 0) is 63.8 Å². The maximum Gasteiger partial charge on any atom is 0.0713 e. The molecule has 0 amide bonds. The Morgan fingerprint density at radius 2 is 0.909 bits per heavy atom. The lowest BCUT2D eigenvalue weighted by Gasteiger charge is -2.35. The molecule has 0 aliphatic heterocycles. The quantitative estimate of drug-likeness (QED) is 0.314. The van der Waals surface area contributed by atoms with Gasteiger partial charge in [-0.2, -0.15) is 0 Å². The van der Waals surface area contributed by atoms with E-state index in [-0.39, 0.29) is 16.4 Å². The van der Waals surface area contributed by atoms with E-state index in [1.165, 1.54) is 38.9 Å². The van der Waals surface area contributed by atoms with Crippen molar-refractivity contribution in [2.75, 3.05) is 0 Å². The zero-order chi connectivity index (χ0) is 23.4. The van der Waals surface area contributed by atoms with Crippen LogP contribution >= 0.6 is 0 Å². The van der Waals surface area contributed by atoms with Crippen LogP contribution in [0.1, 0.15) is 68.0 Å². The van der Waals surface area contributed by atoms with Gasteiger partial charge in [0, 0.05) is 5.54 Å². The van der Waals surface area contributed by atoms with Crippen molar-refractivity contribution in [2.24, 2.45) is 5.73 Å². The summed E-state index contributed by atoms with van der Waals surface area (Å²) in [6, 6.07) is 36.0. The van der Waals surface area contributed by atoms with E-state index in [9.17, 15) is 0 Å². The number of nitrogens with two attached hydrogens (primary N) is 1. The van der Waals surface area contributed by atoms with Crippen LogP contribution in [-0.2, 0) is 16.4 Å². The third kappa shape index (κ3) is 3.34. The number of rotatable bonds is 3.